The molecule has 2 atom stereocenters. The number of urea groups is 1. The standard InChI is InChI=1S/C35H45N5O4/c1-26(2)22-31(39-35(43)40-20-8-3-4-9-21-40)34(42)38-32(33(41)37-24-28-16-18-36-19-17-28)23-27-12-14-30(15-13-27)44-25-29-10-6-5-7-11-29/h5-7,10-19,26,31-32H,3-4,8-9,20-25H2,1-2H3,(H,37,41)(H,38,42)(H,39,43)/t31-,32-/m0/s1. The molecule has 0 bridgehead atoms. The summed E-state index contributed by atoms with van der Waals surface area (Å²) in [5.74, 6) is 0.210. The molecule has 1 fully saturated rings. The van der Waals surface area contributed by atoms with Crippen LogP contribution < -0.4 is 20.7 Å². The summed E-state index contributed by atoms with van der Waals surface area (Å²) in [4.78, 5) is 46.1. The van der Waals surface area contributed by atoms with Crippen LogP contribution in [0.25, 0.3) is 0 Å². The van der Waals surface area contributed by atoms with Crippen LogP contribution in [0.3, 0.4) is 0 Å². The number of rotatable bonds is 13. The van der Waals surface area contributed by atoms with Crippen molar-refractivity contribution in [2.75, 3.05) is 13.1 Å². The Morgan fingerprint density at radius 2 is 1.45 bits per heavy atom. The molecule has 0 saturated carbocycles. The summed E-state index contributed by atoms with van der Waals surface area (Å²) < 4.78 is 5.92. The SMILES string of the molecule is CC(C)C[C@H](NC(=O)N1CCCCCC1)C(=O)N[C@@H](Cc1ccc(OCc2ccccc2)cc1)C(=O)NCc1ccncc1. The predicted molar refractivity (Wildman–Crippen MR) is 171 cm³/mol. The normalized spacial score (nSPS) is 14.7. The number of hydrogen-bond acceptors (Lipinski definition) is 5. The lowest BCUT2D eigenvalue weighted by Gasteiger charge is -2.27. The van der Waals surface area contributed by atoms with Gasteiger partial charge >= 0.3 is 6.03 Å². The second-order valence-electron chi connectivity index (χ2n) is 11.8. The molecule has 0 aliphatic carbocycles. The van der Waals surface area contributed by atoms with Gasteiger partial charge in [-0.2, -0.15) is 0 Å². The molecule has 0 spiro atoms. The van der Waals surface area contributed by atoms with Crippen molar-refractivity contribution in [2.24, 2.45) is 5.92 Å². The number of carbonyl (C=O) groups excluding carboxylic acids is 3. The first kappa shape index (κ1) is 32.5. The quantitative estimate of drug-likeness (QED) is 0.256. The van der Waals surface area contributed by atoms with Crippen LogP contribution in [0, 0.1) is 5.92 Å². The van der Waals surface area contributed by atoms with Crippen LogP contribution >= 0.6 is 0 Å². The number of nitrogens with one attached hydrogen (secondary N) is 3. The molecule has 1 aromatic heterocycles. The van der Waals surface area contributed by atoms with E-state index in [0.29, 0.717) is 38.4 Å². The zero-order chi connectivity index (χ0) is 31.1. The summed E-state index contributed by atoms with van der Waals surface area (Å²) in [6.07, 6.45) is 8.23. The van der Waals surface area contributed by atoms with Crippen molar-refractivity contribution in [3.63, 3.8) is 0 Å². The average molecular weight is 600 g/mol. The Labute approximate surface area is 260 Å². The molecule has 44 heavy (non-hydrogen) atoms. The van der Waals surface area contributed by atoms with Gasteiger partial charge in [-0.05, 0) is 66.1 Å². The fraction of sp³-hybridized carbons (Fsp3) is 0.429. The zero-order valence-electron chi connectivity index (χ0n) is 25.8. The Hall–Kier alpha value is -4.40. The Kier molecular flexibility index (Phi) is 12.6. The number of aromatic nitrogens is 1. The van der Waals surface area contributed by atoms with Crippen molar-refractivity contribution < 1.29 is 19.1 Å². The van der Waals surface area contributed by atoms with E-state index in [0.717, 1.165) is 42.4 Å². The molecule has 4 amide bonds. The second-order valence-corrected chi connectivity index (χ2v) is 11.8. The number of hydrogen-bond donors (Lipinski definition) is 3. The predicted octanol–water partition coefficient (Wildman–Crippen LogP) is 5.00. The Morgan fingerprint density at radius 3 is 2.11 bits per heavy atom. The Bertz CT molecular complexity index is 1310. The highest BCUT2D eigenvalue weighted by molar-refractivity contribution is 5.92. The number of ether oxygens (including phenoxy) is 1. The summed E-state index contributed by atoms with van der Waals surface area (Å²) in [7, 11) is 0. The molecule has 1 aliphatic rings. The van der Waals surface area contributed by atoms with Gasteiger partial charge in [0.15, 0.2) is 0 Å². The molecule has 9 heteroatoms. The third-order valence-electron chi connectivity index (χ3n) is 7.68. The molecule has 4 rings (SSSR count). The van der Waals surface area contributed by atoms with E-state index in [9.17, 15) is 14.4 Å². The molecule has 0 radical (unpaired) electrons. The number of pyridine rings is 1. The molecule has 9 nitrogen and oxygen atoms in total. The van der Waals surface area contributed by atoms with Crippen LogP contribution in [0.4, 0.5) is 4.79 Å². The lowest BCUT2D eigenvalue weighted by molar-refractivity contribution is -0.130. The van der Waals surface area contributed by atoms with Gasteiger partial charge in [0, 0.05) is 38.4 Å². The minimum Gasteiger partial charge on any atom is -0.489 e. The topological polar surface area (TPSA) is 113 Å². The average Bonchev–Trinajstić information content (AvgIpc) is 3.33. The Morgan fingerprint density at radius 1 is 0.773 bits per heavy atom. The highest BCUT2D eigenvalue weighted by atomic mass is 16.5. The first-order valence-electron chi connectivity index (χ1n) is 15.7. The second kappa shape index (κ2) is 17.0. The van der Waals surface area contributed by atoms with Crippen molar-refractivity contribution in [1.29, 1.82) is 0 Å². The van der Waals surface area contributed by atoms with Crippen LogP contribution in [0.5, 0.6) is 5.75 Å². The molecular weight excluding hydrogens is 554 g/mol. The summed E-state index contributed by atoms with van der Waals surface area (Å²) in [6.45, 7) is 6.16. The van der Waals surface area contributed by atoms with Gasteiger partial charge in [-0.15, -0.1) is 0 Å². The molecule has 234 valence electrons. The van der Waals surface area contributed by atoms with Gasteiger partial charge in [-0.1, -0.05) is 69.2 Å². The van der Waals surface area contributed by atoms with Crippen molar-refractivity contribution in [2.45, 2.75) is 77.6 Å². The van der Waals surface area contributed by atoms with Gasteiger partial charge in [0.1, 0.15) is 24.4 Å². The van der Waals surface area contributed by atoms with Crippen LogP contribution in [-0.2, 0) is 29.2 Å². The van der Waals surface area contributed by atoms with E-state index in [1.54, 1.807) is 17.3 Å². The molecular formula is C35H45N5O4. The van der Waals surface area contributed by atoms with Crippen molar-refractivity contribution in [3.05, 3.63) is 95.8 Å². The molecule has 1 saturated heterocycles. The van der Waals surface area contributed by atoms with Crippen molar-refractivity contribution in [1.82, 2.24) is 25.8 Å². The van der Waals surface area contributed by atoms with Gasteiger partial charge in [-0.25, -0.2) is 4.79 Å². The third-order valence-corrected chi connectivity index (χ3v) is 7.68. The molecule has 2 aromatic carbocycles. The Balaban J connectivity index is 1.44. The maximum Gasteiger partial charge on any atom is 0.318 e. The van der Waals surface area contributed by atoms with E-state index in [4.69, 9.17) is 4.74 Å². The fourth-order valence-corrected chi connectivity index (χ4v) is 5.21. The summed E-state index contributed by atoms with van der Waals surface area (Å²) in [5.41, 5.74) is 2.85. The van der Waals surface area contributed by atoms with E-state index in [-0.39, 0.29) is 30.2 Å². The summed E-state index contributed by atoms with van der Waals surface area (Å²) in [5, 5.41) is 8.88. The highest BCUT2D eigenvalue weighted by Crippen LogP contribution is 2.16. The summed E-state index contributed by atoms with van der Waals surface area (Å²) >= 11 is 0. The van der Waals surface area contributed by atoms with E-state index in [2.05, 4.69) is 20.9 Å². The van der Waals surface area contributed by atoms with Gasteiger partial charge in [0.05, 0.1) is 0 Å². The number of carbonyl (C=O) groups is 3. The molecule has 0 unspecified atom stereocenters. The van der Waals surface area contributed by atoms with E-state index >= 15 is 0 Å². The monoisotopic (exact) mass is 599 g/mol. The van der Waals surface area contributed by atoms with Gasteiger partial charge in [0.2, 0.25) is 11.8 Å². The van der Waals surface area contributed by atoms with Crippen LogP contribution in [0.15, 0.2) is 79.1 Å². The van der Waals surface area contributed by atoms with Gasteiger partial charge in [0.25, 0.3) is 0 Å². The minimum atomic E-state index is -0.842. The smallest absolute Gasteiger partial charge is 0.318 e. The lowest BCUT2D eigenvalue weighted by Crippen LogP contribution is -2.56. The molecule has 1 aliphatic heterocycles. The summed E-state index contributed by atoms with van der Waals surface area (Å²) in [6, 6.07) is 19.3. The van der Waals surface area contributed by atoms with Crippen LogP contribution in [0.2, 0.25) is 0 Å². The largest absolute Gasteiger partial charge is 0.489 e. The minimum absolute atomic E-state index is 0.164. The van der Waals surface area contributed by atoms with Crippen LogP contribution in [0.1, 0.15) is 62.6 Å². The number of likely N-dealkylation sites (tertiary alicyclic amines) is 1. The highest BCUT2D eigenvalue weighted by Gasteiger charge is 2.29. The van der Waals surface area contributed by atoms with Gasteiger partial charge < -0.3 is 25.6 Å². The maximum atomic E-state index is 13.7. The van der Waals surface area contributed by atoms with E-state index < -0.39 is 12.1 Å². The maximum absolute atomic E-state index is 13.7. The third kappa shape index (κ3) is 10.7. The number of benzene rings is 2. The van der Waals surface area contributed by atoms with Crippen LogP contribution in [-0.4, -0.2) is 52.9 Å². The van der Waals surface area contributed by atoms with Gasteiger partial charge in [-0.3, -0.25) is 14.6 Å². The number of amides is 4. The van der Waals surface area contributed by atoms with E-state index in [1.165, 1.54) is 0 Å². The van der Waals surface area contributed by atoms with Crippen molar-refractivity contribution >= 4 is 17.8 Å². The lowest BCUT2D eigenvalue weighted by atomic mass is 10.0. The zero-order valence-corrected chi connectivity index (χ0v) is 25.8. The first-order chi connectivity index (χ1) is 21.4. The van der Waals surface area contributed by atoms with Crippen molar-refractivity contribution in [3.8, 4) is 5.75 Å². The molecule has 3 aromatic rings. The number of nitrogens with zero attached hydrogens (tertiary/aromatic N) is 2. The van der Waals surface area contributed by atoms with E-state index in [1.807, 2.05) is 80.6 Å². The first-order valence-corrected chi connectivity index (χ1v) is 15.7. The molecule has 3 N–H and O–H groups in total. The molecule has 2 heterocycles. The fourth-order valence-electron chi connectivity index (χ4n) is 5.21.